The van der Waals surface area contributed by atoms with Crippen LogP contribution in [0.1, 0.15) is 11.4 Å². The third kappa shape index (κ3) is 4.85. The molecule has 1 fully saturated rings. The summed E-state index contributed by atoms with van der Waals surface area (Å²) in [5.41, 5.74) is 2.88. The number of aryl methyl sites for hydroxylation is 2. The standard InChI is InChI=1S/C25H25FN8O2/c1-16-11-17(2)34(30-16)23-12-22(28-15-29-23)32-13-19(14-32)25(36)27-9-10-33-24(35)8-7-21(31-33)18-3-5-20(26)6-4-18/h3-8,11-12,15,19H,9-10,13-14H2,1-2H3,(H,27,36). The van der Waals surface area contributed by atoms with Crippen LogP contribution in [-0.2, 0) is 11.3 Å². The van der Waals surface area contributed by atoms with Crippen molar-refractivity contribution in [3.63, 3.8) is 0 Å². The van der Waals surface area contributed by atoms with Gasteiger partial charge in [-0.3, -0.25) is 9.59 Å². The largest absolute Gasteiger partial charge is 0.355 e. The number of benzene rings is 1. The Kier molecular flexibility index (Phi) is 6.28. The van der Waals surface area contributed by atoms with Crippen molar-refractivity contribution < 1.29 is 9.18 Å². The molecule has 1 aliphatic heterocycles. The molecule has 1 aliphatic rings. The molecule has 10 nitrogen and oxygen atoms in total. The van der Waals surface area contributed by atoms with Crippen molar-refractivity contribution in [3.8, 4) is 17.1 Å². The fraction of sp³-hybridized carbons (Fsp3) is 0.280. The van der Waals surface area contributed by atoms with Gasteiger partial charge in [0.15, 0.2) is 5.82 Å². The van der Waals surface area contributed by atoms with Crippen molar-refractivity contribution in [2.45, 2.75) is 20.4 Å². The van der Waals surface area contributed by atoms with Crippen LogP contribution in [0.2, 0.25) is 0 Å². The summed E-state index contributed by atoms with van der Waals surface area (Å²) in [4.78, 5) is 35.5. The van der Waals surface area contributed by atoms with E-state index in [-0.39, 0.29) is 36.3 Å². The Morgan fingerprint density at radius 2 is 1.78 bits per heavy atom. The van der Waals surface area contributed by atoms with Gasteiger partial charge in [0.2, 0.25) is 5.91 Å². The number of carbonyl (C=O) groups is 1. The molecule has 0 bridgehead atoms. The number of anilines is 1. The Labute approximate surface area is 206 Å². The highest BCUT2D eigenvalue weighted by Crippen LogP contribution is 2.24. The third-order valence-electron chi connectivity index (χ3n) is 6.07. The third-order valence-corrected chi connectivity index (χ3v) is 6.07. The summed E-state index contributed by atoms with van der Waals surface area (Å²) in [6.07, 6.45) is 1.50. The molecule has 3 aromatic heterocycles. The van der Waals surface area contributed by atoms with E-state index in [2.05, 4.69) is 25.5 Å². The molecule has 0 spiro atoms. The van der Waals surface area contributed by atoms with Crippen molar-refractivity contribution in [2.24, 2.45) is 5.92 Å². The number of nitrogens with zero attached hydrogens (tertiary/aromatic N) is 7. The zero-order chi connectivity index (χ0) is 25.2. The molecule has 0 saturated carbocycles. The maximum absolute atomic E-state index is 13.2. The number of hydrogen-bond acceptors (Lipinski definition) is 7. The lowest BCUT2D eigenvalue weighted by Crippen LogP contribution is -2.54. The van der Waals surface area contributed by atoms with Gasteiger partial charge in [0.25, 0.3) is 5.56 Å². The first-order valence-electron chi connectivity index (χ1n) is 11.6. The van der Waals surface area contributed by atoms with Gasteiger partial charge in [-0.25, -0.2) is 23.7 Å². The molecule has 1 aromatic carbocycles. The number of rotatable bonds is 7. The van der Waals surface area contributed by atoms with Crippen molar-refractivity contribution in [1.82, 2.24) is 34.8 Å². The highest BCUT2D eigenvalue weighted by molar-refractivity contribution is 5.81. The first-order chi connectivity index (χ1) is 17.4. The number of halogens is 1. The lowest BCUT2D eigenvalue weighted by molar-refractivity contribution is -0.125. The second-order valence-corrected chi connectivity index (χ2v) is 8.75. The van der Waals surface area contributed by atoms with Crippen LogP contribution < -0.4 is 15.8 Å². The predicted molar refractivity (Wildman–Crippen MR) is 131 cm³/mol. The fourth-order valence-electron chi connectivity index (χ4n) is 4.13. The molecule has 4 aromatic rings. The predicted octanol–water partition coefficient (Wildman–Crippen LogP) is 1.89. The molecular weight excluding hydrogens is 463 g/mol. The van der Waals surface area contributed by atoms with Crippen LogP contribution in [-0.4, -0.2) is 55.1 Å². The van der Waals surface area contributed by atoms with E-state index in [1.54, 1.807) is 22.9 Å². The van der Waals surface area contributed by atoms with Crippen LogP contribution >= 0.6 is 0 Å². The van der Waals surface area contributed by atoms with Gasteiger partial charge >= 0.3 is 0 Å². The van der Waals surface area contributed by atoms with Gasteiger partial charge in [-0.2, -0.15) is 10.2 Å². The summed E-state index contributed by atoms with van der Waals surface area (Å²) < 4.78 is 16.3. The summed E-state index contributed by atoms with van der Waals surface area (Å²) in [5, 5.41) is 11.7. The molecule has 0 atom stereocenters. The van der Waals surface area contributed by atoms with Gasteiger partial charge in [-0.15, -0.1) is 0 Å². The van der Waals surface area contributed by atoms with Crippen LogP contribution in [0.4, 0.5) is 10.2 Å². The maximum Gasteiger partial charge on any atom is 0.266 e. The molecule has 0 radical (unpaired) electrons. The SMILES string of the molecule is Cc1cc(C)n(-c2cc(N3CC(C(=O)NCCn4nc(-c5ccc(F)cc5)ccc4=O)C3)ncn2)n1. The highest BCUT2D eigenvalue weighted by Gasteiger charge is 2.33. The lowest BCUT2D eigenvalue weighted by Gasteiger charge is -2.39. The van der Waals surface area contributed by atoms with Crippen LogP contribution in [0.25, 0.3) is 17.1 Å². The minimum Gasteiger partial charge on any atom is -0.355 e. The summed E-state index contributed by atoms with van der Waals surface area (Å²) in [5.74, 6) is 0.825. The van der Waals surface area contributed by atoms with Gasteiger partial charge in [-0.1, -0.05) is 0 Å². The minimum absolute atomic E-state index is 0.0817. The Morgan fingerprint density at radius 1 is 1.03 bits per heavy atom. The highest BCUT2D eigenvalue weighted by atomic mass is 19.1. The molecule has 36 heavy (non-hydrogen) atoms. The molecular formula is C25H25FN8O2. The van der Waals surface area contributed by atoms with Crippen LogP contribution in [0.3, 0.4) is 0 Å². The van der Waals surface area contributed by atoms with Crippen molar-refractivity contribution in [1.29, 1.82) is 0 Å². The van der Waals surface area contributed by atoms with E-state index in [9.17, 15) is 14.0 Å². The van der Waals surface area contributed by atoms with Gasteiger partial charge < -0.3 is 10.2 Å². The Morgan fingerprint density at radius 3 is 2.50 bits per heavy atom. The number of hydrogen-bond donors (Lipinski definition) is 1. The molecule has 0 unspecified atom stereocenters. The van der Waals surface area contributed by atoms with Gasteiger partial charge in [0, 0.05) is 43.0 Å². The quantitative estimate of drug-likeness (QED) is 0.423. The molecule has 1 N–H and O–H groups in total. The number of aromatic nitrogens is 6. The molecule has 5 rings (SSSR count). The van der Waals surface area contributed by atoms with E-state index >= 15 is 0 Å². The van der Waals surface area contributed by atoms with E-state index in [1.807, 2.05) is 30.9 Å². The Bertz CT molecular complexity index is 1460. The molecule has 0 aliphatic carbocycles. The van der Waals surface area contributed by atoms with Gasteiger partial charge in [-0.05, 0) is 50.2 Å². The molecule has 1 amide bonds. The normalized spacial score (nSPS) is 13.5. The maximum atomic E-state index is 13.2. The van der Waals surface area contributed by atoms with E-state index in [1.165, 1.54) is 29.2 Å². The van der Waals surface area contributed by atoms with Gasteiger partial charge in [0.1, 0.15) is 18.0 Å². The number of carbonyl (C=O) groups excluding carboxylic acids is 1. The van der Waals surface area contributed by atoms with Crippen LogP contribution in [0.5, 0.6) is 0 Å². The molecule has 1 saturated heterocycles. The van der Waals surface area contributed by atoms with E-state index < -0.39 is 0 Å². The average molecular weight is 489 g/mol. The first kappa shape index (κ1) is 23.3. The summed E-state index contributed by atoms with van der Waals surface area (Å²) in [6.45, 7) is 5.47. The molecule has 11 heteroatoms. The fourth-order valence-corrected chi connectivity index (χ4v) is 4.13. The van der Waals surface area contributed by atoms with E-state index in [0.29, 0.717) is 30.2 Å². The number of amides is 1. The summed E-state index contributed by atoms with van der Waals surface area (Å²) in [6, 6.07) is 12.8. The molecule has 4 heterocycles. The van der Waals surface area contributed by atoms with Crippen LogP contribution in [0, 0.1) is 25.6 Å². The van der Waals surface area contributed by atoms with Crippen molar-refractivity contribution in [2.75, 3.05) is 24.5 Å². The zero-order valence-electron chi connectivity index (χ0n) is 19.9. The monoisotopic (exact) mass is 488 g/mol. The zero-order valence-corrected chi connectivity index (χ0v) is 19.9. The average Bonchev–Trinajstić information content (AvgIpc) is 3.18. The van der Waals surface area contributed by atoms with Crippen molar-refractivity contribution >= 4 is 11.7 Å². The number of nitrogens with one attached hydrogen (secondary N) is 1. The molecule has 184 valence electrons. The summed E-state index contributed by atoms with van der Waals surface area (Å²) >= 11 is 0. The Balaban J connectivity index is 1.15. The van der Waals surface area contributed by atoms with E-state index in [4.69, 9.17) is 0 Å². The minimum atomic E-state index is -0.340. The second-order valence-electron chi connectivity index (χ2n) is 8.75. The lowest BCUT2D eigenvalue weighted by atomic mass is 9.99. The second kappa shape index (κ2) is 9.68. The van der Waals surface area contributed by atoms with Gasteiger partial charge in [0.05, 0.1) is 23.9 Å². The summed E-state index contributed by atoms with van der Waals surface area (Å²) in [7, 11) is 0. The topological polar surface area (TPSA) is 111 Å². The first-order valence-corrected chi connectivity index (χ1v) is 11.6. The van der Waals surface area contributed by atoms with Crippen molar-refractivity contribution in [3.05, 3.63) is 82.4 Å². The Hall–Kier alpha value is -4.41. The van der Waals surface area contributed by atoms with Crippen LogP contribution in [0.15, 0.2) is 59.7 Å². The smallest absolute Gasteiger partial charge is 0.266 e. The van der Waals surface area contributed by atoms with E-state index in [0.717, 1.165) is 17.2 Å².